The highest BCUT2D eigenvalue weighted by molar-refractivity contribution is 7.48. The van der Waals surface area contributed by atoms with Crippen LogP contribution in [0.25, 0.3) is 16.5 Å². The van der Waals surface area contributed by atoms with Crippen molar-refractivity contribution in [3.8, 4) is 18.1 Å². The van der Waals surface area contributed by atoms with Crippen molar-refractivity contribution in [3.05, 3.63) is 130 Å². The number of amides is 1. The maximum atomic E-state index is 18.0. The molecule has 4 aromatic carbocycles. The number of hydrogen-bond donors (Lipinski definition) is 1. The molecule has 0 aliphatic carbocycles. The van der Waals surface area contributed by atoms with Crippen LogP contribution in [-0.2, 0) is 36.3 Å². The van der Waals surface area contributed by atoms with Crippen molar-refractivity contribution in [2.75, 3.05) is 32.8 Å². The standard InChI is InChI=1S/C52H54F3N6O7P/c1-5-39-41(53)21-18-35-26-38(68-69(63,65-30-33-14-8-6-9-15-33)66-31-34-16-10-7-11-17-34)27-40(42(35)39)45-44(54)46-43(47(55)56-45)48(58-49(57-46)64-32-52-22-12-24-60(52)25-13-23-52)59-28-36-19-20-37(29-59)61(36)50(62)67-51(2,3)4/h1,6-11,14-18,21,26-27,36-37,46H,12-13,19-20,22-25,28-32H2,2-4H3,(H,57,58). The van der Waals surface area contributed by atoms with Gasteiger partial charge in [0.2, 0.25) is 5.97 Å². The average molecular weight is 963 g/mol. The lowest BCUT2D eigenvalue weighted by atomic mass is 9.92. The molecule has 6 aliphatic heterocycles. The Balaban J connectivity index is 1.04. The van der Waals surface area contributed by atoms with Crippen LogP contribution in [0.15, 0.2) is 112 Å². The minimum atomic E-state index is -4.50. The van der Waals surface area contributed by atoms with Gasteiger partial charge in [-0.05, 0) is 107 Å². The van der Waals surface area contributed by atoms with Gasteiger partial charge in [-0.2, -0.15) is 9.38 Å². The maximum absolute atomic E-state index is 18.0. The van der Waals surface area contributed by atoms with Crippen LogP contribution < -0.4 is 9.84 Å². The number of piperazine rings is 1. The summed E-state index contributed by atoms with van der Waals surface area (Å²) >= 11 is 0. The van der Waals surface area contributed by atoms with Gasteiger partial charge in [0.15, 0.2) is 5.83 Å². The Morgan fingerprint density at radius 2 is 1.54 bits per heavy atom. The minimum absolute atomic E-state index is 0.00219. The first-order chi connectivity index (χ1) is 33.2. The summed E-state index contributed by atoms with van der Waals surface area (Å²) in [7, 11) is -4.50. The van der Waals surface area contributed by atoms with E-state index in [2.05, 4.69) is 21.1 Å². The molecule has 4 fully saturated rings. The molecule has 10 rings (SSSR count). The van der Waals surface area contributed by atoms with Crippen molar-refractivity contribution < 1.29 is 45.6 Å². The largest absolute Gasteiger partial charge is 0.530 e. The Hall–Kier alpha value is -6.11. The Bertz CT molecular complexity index is 2810. The number of likely N-dealkylation sites (tertiary alicyclic amines) is 1. The lowest BCUT2D eigenvalue weighted by Gasteiger charge is -2.44. The van der Waals surface area contributed by atoms with Gasteiger partial charge in [-0.25, -0.2) is 23.1 Å². The number of halogens is 3. The number of nitrogens with one attached hydrogen (secondary N) is 1. The van der Waals surface area contributed by atoms with E-state index >= 15 is 13.2 Å². The van der Waals surface area contributed by atoms with Gasteiger partial charge in [0.05, 0.1) is 42.0 Å². The van der Waals surface area contributed by atoms with Gasteiger partial charge in [0.1, 0.15) is 41.3 Å². The SMILES string of the molecule is C#Cc1c(F)ccc2cc(OP(=O)(OCc3ccccc3)OCc3ccccc3)cc(C3=C(F)C4NC(OCC56CCCN5CCC6)=NC(N5CC6CCC(C5)N6C(=O)OC(C)(C)C)=C4C(F)=N3)c12. The summed E-state index contributed by atoms with van der Waals surface area (Å²) in [4.78, 5) is 28.6. The number of terminal acetylenes is 1. The second-order valence-electron chi connectivity index (χ2n) is 19.4. The number of carbonyl (C=O) groups excluding carboxylic acids is 1. The molecule has 0 saturated carbocycles. The van der Waals surface area contributed by atoms with Gasteiger partial charge in [-0.15, -0.1) is 6.42 Å². The topological polar surface area (TPSA) is 127 Å². The molecule has 2 bridgehead atoms. The van der Waals surface area contributed by atoms with Crippen molar-refractivity contribution in [1.82, 2.24) is 20.0 Å². The molecule has 69 heavy (non-hydrogen) atoms. The summed E-state index contributed by atoms with van der Waals surface area (Å²) in [5, 5.41) is 3.36. The second-order valence-corrected chi connectivity index (χ2v) is 21.0. The lowest BCUT2D eigenvalue weighted by Crippen LogP contribution is -2.57. The third-order valence-corrected chi connectivity index (χ3v) is 15.0. The summed E-state index contributed by atoms with van der Waals surface area (Å²) < 4.78 is 95.8. The number of hydrogen-bond acceptors (Lipinski definition) is 12. The van der Waals surface area contributed by atoms with Crippen molar-refractivity contribution in [2.24, 2.45) is 9.98 Å². The van der Waals surface area contributed by atoms with Crippen LogP contribution in [0.2, 0.25) is 0 Å². The van der Waals surface area contributed by atoms with Crippen LogP contribution in [0, 0.1) is 18.2 Å². The number of ether oxygens (including phenoxy) is 2. The van der Waals surface area contributed by atoms with Crippen LogP contribution in [0.5, 0.6) is 5.75 Å². The summed E-state index contributed by atoms with van der Waals surface area (Å²) in [6, 6.07) is 21.3. The summed E-state index contributed by atoms with van der Waals surface area (Å²) in [5.74, 6) is -0.397. The third kappa shape index (κ3) is 9.37. The van der Waals surface area contributed by atoms with E-state index in [-0.39, 0.29) is 95.6 Å². The minimum Gasteiger partial charge on any atom is -0.463 e. The van der Waals surface area contributed by atoms with E-state index in [0.717, 1.165) is 44.8 Å². The van der Waals surface area contributed by atoms with E-state index in [1.807, 2.05) is 37.8 Å². The Morgan fingerprint density at radius 3 is 2.14 bits per heavy atom. The number of rotatable bonds is 12. The molecule has 0 spiro atoms. The highest BCUT2D eigenvalue weighted by Crippen LogP contribution is 2.53. The number of carbonyl (C=O) groups is 1. The van der Waals surface area contributed by atoms with E-state index in [1.165, 1.54) is 18.2 Å². The summed E-state index contributed by atoms with van der Waals surface area (Å²) in [6.07, 6.45) is 10.8. The molecular formula is C52H54F3N6O7P. The van der Waals surface area contributed by atoms with Crippen LogP contribution >= 0.6 is 7.82 Å². The van der Waals surface area contributed by atoms with Gasteiger partial charge in [-0.1, -0.05) is 72.7 Å². The Kier molecular flexibility index (Phi) is 12.6. The van der Waals surface area contributed by atoms with E-state index < -0.39 is 48.9 Å². The quantitative estimate of drug-likeness (QED) is 0.108. The van der Waals surface area contributed by atoms with Crippen molar-refractivity contribution in [3.63, 3.8) is 0 Å². The Labute approximate surface area is 399 Å². The molecule has 0 radical (unpaired) electrons. The van der Waals surface area contributed by atoms with Crippen molar-refractivity contribution in [2.45, 2.75) is 102 Å². The molecule has 3 unspecified atom stereocenters. The molecule has 4 aromatic rings. The average Bonchev–Trinajstić information content (AvgIpc) is 4.01. The van der Waals surface area contributed by atoms with Crippen LogP contribution in [0.3, 0.4) is 0 Å². The predicted molar refractivity (Wildman–Crippen MR) is 256 cm³/mol. The van der Waals surface area contributed by atoms with Crippen LogP contribution in [0.1, 0.15) is 81.5 Å². The van der Waals surface area contributed by atoms with Crippen molar-refractivity contribution in [1.29, 1.82) is 0 Å². The highest BCUT2D eigenvalue weighted by Gasteiger charge is 2.49. The zero-order chi connectivity index (χ0) is 48.1. The monoisotopic (exact) mass is 962 g/mol. The molecule has 13 nitrogen and oxygen atoms in total. The number of phosphoric acid groups is 1. The normalized spacial score (nSPS) is 22.2. The zero-order valence-corrected chi connectivity index (χ0v) is 39.7. The number of nitrogens with zero attached hydrogens (tertiary/aromatic N) is 5. The van der Waals surface area contributed by atoms with Gasteiger partial charge in [0, 0.05) is 24.0 Å². The van der Waals surface area contributed by atoms with Gasteiger partial charge < -0.3 is 24.2 Å². The number of phosphoric ester groups is 1. The first kappa shape index (κ1) is 46.6. The van der Waals surface area contributed by atoms with E-state index in [1.54, 1.807) is 53.4 Å². The second kappa shape index (κ2) is 18.7. The zero-order valence-electron chi connectivity index (χ0n) is 38.8. The van der Waals surface area contributed by atoms with Gasteiger partial charge >= 0.3 is 13.9 Å². The number of benzene rings is 4. The fraction of sp³-hybridized carbons (Fsp3) is 0.404. The van der Waals surface area contributed by atoms with Gasteiger partial charge in [0.25, 0.3) is 6.02 Å². The molecule has 1 N–H and O–H groups in total. The maximum Gasteiger partial charge on any atom is 0.530 e. The highest BCUT2D eigenvalue weighted by atomic mass is 31.2. The molecule has 4 saturated heterocycles. The van der Waals surface area contributed by atoms with E-state index in [4.69, 9.17) is 34.5 Å². The molecule has 360 valence electrons. The van der Waals surface area contributed by atoms with E-state index in [9.17, 15) is 9.36 Å². The molecule has 1 amide bonds. The smallest absolute Gasteiger partial charge is 0.463 e. The molecule has 17 heteroatoms. The summed E-state index contributed by atoms with van der Waals surface area (Å²) in [5.41, 5.74) is -0.566. The number of amidine groups is 1. The summed E-state index contributed by atoms with van der Waals surface area (Å²) in [6.45, 7) is 7.89. The fourth-order valence-electron chi connectivity index (χ4n) is 10.6. The number of fused-ring (bicyclic) bond motifs is 5. The van der Waals surface area contributed by atoms with Crippen LogP contribution in [0.4, 0.5) is 18.0 Å². The molecule has 6 aliphatic rings. The van der Waals surface area contributed by atoms with Gasteiger partial charge in [-0.3, -0.25) is 18.8 Å². The molecule has 0 aromatic heterocycles. The molecular weight excluding hydrogens is 909 g/mol. The first-order valence-electron chi connectivity index (χ1n) is 23.5. The Morgan fingerprint density at radius 1 is 0.899 bits per heavy atom. The van der Waals surface area contributed by atoms with Crippen LogP contribution in [-0.4, -0.2) is 94.8 Å². The third-order valence-electron chi connectivity index (χ3n) is 13.7. The first-order valence-corrected chi connectivity index (χ1v) is 24.9. The van der Waals surface area contributed by atoms with E-state index in [0.29, 0.717) is 24.0 Å². The van der Waals surface area contributed by atoms with Crippen molar-refractivity contribution >= 4 is 42.4 Å². The number of aliphatic imine (C=N–C) groups is 2. The fourth-order valence-corrected chi connectivity index (χ4v) is 11.7. The molecule has 3 atom stereocenters. The predicted octanol–water partition coefficient (Wildman–Crippen LogP) is 10.2. The molecule has 6 heterocycles. The lowest BCUT2D eigenvalue weighted by molar-refractivity contribution is -0.000764.